The number of aliphatic hydroxyl groups excluding tert-OH is 1. The number of alkyl carbamates (subject to hydrolysis) is 1. The lowest BCUT2D eigenvalue weighted by Crippen LogP contribution is -2.57. The molecule has 0 saturated carbocycles. The number of carbonyl (C=O) groups excluding carboxylic acids is 1. The molecule has 1 heterocycles. The first-order valence-corrected chi connectivity index (χ1v) is 6.41. The van der Waals surface area contributed by atoms with Crippen molar-refractivity contribution in [3.05, 3.63) is 0 Å². The molecule has 6 heteroatoms. The number of ether oxygens (including phenoxy) is 1. The average Bonchev–Trinajstić information content (AvgIpc) is 2.34. The molecule has 0 aliphatic carbocycles. The van der Waals surface area contributed by atoms with Crippen LogP contribution >= 0.6 is 0 Å². The third kappa shape index (κ3) is 4.80. The maximum absolute atomic E-state index is 11.3. The Labute approximate surface area is 109 Å². The Morgan fingerprint density at radius 2 is 1.94 bits per heavy atom. The van der Waals surface area contributed by atoms with Gasteiger partial charge in [0, 0.05) is 38.3 Å². The molecule has 0 bridgehead atoms. The molecule has 0 aromatic carbocycles. The number of rotatable bonds is 5. The topological polar surface area (TPSA) is 65.0 Å². The van der Waals surface area contributed by atoms with Gasteiger partial charge in [-0.2, -0.15) is 0 Å². The van der Waals surface area contributed by atoms with Gasteiger partial charge in [0.1, 0.15) is 6.61 Å². The number of nitrogens with one attached hydrogen (secondary N) is 1. The third-order valence-electron chi connectivity index (χ3n) is 3.35. The number of nitrogens with zero attached hydrogens (tertiary/aromatic N) is 2. The molecule has 0 spiro atoms. The van der Waals surface area contributed by atoms with Crippen molar-refractivity contribution in [2.45, 2.75) is 19.4 Å². The lowest BCUT2D eigenvalue weighted by molar-refractivity contribution is 0.0586. The van der Waals surface area contributed by atoms with Crippen LogP contribution in [0.1, 0.15) is 13.8 Å². The molecule has 1 saturated heterocycles. The number of likely N-dealkylation sites (N-methyl/N-ethyl adjacent to an activating group) is 1. The van der Waals surface area contributed by atoms with Crippen LogP contribution < -0.4 is 5.32 Å². The van der Waals surface area contributed by atoms with Crippen molar-refractivity contribution in [2.75, 3.05) is 53.0 Å². The first-order valence-electron chi connectivity index (χ1n) is 6.41. The molecular weight excluding hydrogens is 234 g/mol. The summed E-state index contributed by atoms with van der Waals surface area (Å²) < 4.78 is 4.76. The fourth-order valence-electron chi connectivity index (χ4n) is 2.00. The molecule has 2 N–H and O–H groups in total. The minimum absolute atomic E-state index is 0.0424. The Morgan fingerprint density at radius 1 is 1.33 bits per heavy atom. The van der Waals surface area contributed by atoms with Gasteiger partial charge in [-0.3, -0.25) is 4.90 Å². The van der Waals surface area contributed by atoms with Crippen molar-refractivity contribution < 1.29 is 14.6 Å². The summed E-state index contributed by atoms with van der Waals surface area (Å²) in [7, 11) is 2.12. The largest absolute Gasteiger partial charge is 0.447 e. The lowest BCUT2D eigenvalue weighted by Gasteiger charge is -2.43. The van der Waals surface area contributed by atoms with Gasteiger partial charge in [-0.1, -0.05) is 0 Å². The molecule has 1 aliphatic rings. The Bertz CT molecular complexity index is 263. The number of piperazine rings is 1. The zero-order chi connectivity index (χ0) is 13.6. The van der Waals surface area contributed by atoms with E-state index < -0.39 is 6.09 Å². The molecule has 0 aromatic rings. The SMILES string of the molecule is CN1CCN(C(C)(C)CNC(=O)OCCO)CC1. The van der Waals surface area contributed by atoms with E-state index in [0.29, 0.717) is 6.54 Å². The fraction of sp³-hybridized carbons (Fsp3) is 0.917. The standard InChI is InChI=1S/C12H25N3O3/c1-12(2,10-13-11(17)18-9-8-16)15-6-4-14(3)5-7-15/h16H,4-10H2,1-3H3,(H,13,17). The highest BCUT2D eigenvalue weighted by Crippen LogP contribution is 2.15. The van der Waals surface area contributed by atoms with Crippen molar-refractivity contribution >= 4 is 6.09 Å². The first-order chi connectivity index (χ1) is 8.45. The number of aliphatic hydroxyl groups is 1. The summed E-state index contributed by atoms with van der Waals surface area (Å²) in [5, 5.41) is 11.3. The Balaban J connectivity index is 2.32. The highest BCUT2D eigenvalue weighted by Gasteiger charge is 2.29. The van der Waals surface area contributed by atoms with E-state index in [0.717, 1.165) is 26.2 Å². The Morgan fingerprint density at radius 3 is 2.50 bits per heavy atom. The normalized spacial score (nSPS) is 18.7. The van der Waals surface area contributed by atoms with Gasteiger partial charge in [-0.25, -0.2) is 4.79 Å². The van der Waals surface area contributed by atoms with E-state index in [1.165, 1.54) is 0 Å². The quantitative estimate of drug-likeness (QED) is 0.711. The van der Waals surface area contributed by atoms with Gasteiger partial charge >= 0.3 is 6.09 Å². The average molecular weight is 259 g/mol. The highest BCUT2D eigenvalue weighted by molar-refractivity contribution is 5.67. The van der Waals surface area contributed by atoms with Gasteiger partial charge in [-0.05, 0) is 20.9 Å². The van der Waals surface area contributed by atoms with Crippen LogP contribution in [0.4, 0.5) is 4.79 Å². The summed E-state index contributed by atoms with van der Waals surface area (Å²) >= 11 is 0. The Hall–Kier alpha value is -0.850. The number of hydrogen-bond donors (Lipinski definition) is 2. The van der Waals surface area contributed by atoms with Crippen molar-refractivity contribution in [2.24, 2.45) is 0 Å². The minimum Gasteiger partial charge on any atom is -0.447 e. The van der Waals surface area contributed by atoms with Gasteiger partial charge in [0.05, 0.1) is 6.61 Å². The van der Waals surface area contributed by atoms with Crippen LogP contribution in [0.3, 0.4) is 0 Å². The zero-order valence-corrected chi connectivity index (χ0v) is 11.6. The molecule has 0 aromatic heterocycles. The summed E-state index contributed by atoms with van der Waals surface area (Å²) in [4.78, 5) is 16.0. The van der Waals surface area contributed by atoms with Crippen LogP contribution in [0.2, 0.25) is 0 Å². The second kappa shape index (κ2) is 6.92. The van der Waals surface area contributed by atoms with Gasteiger partial charge < -0.3 is 20.1 Å². The molecular formula is C12H25N3O3. The molecule has 18 heavy (non-hydrogen) atoms. The second-order valence-electron chi connectivity index (χ2n) is 5.32. The van der Waals surface area contributed by atoms with Crippen LogP contribution in [-0.2, 0) is 4.74 Å². The van der Waals surface area contributed by atoms with Gasteiger partial charge in [0.2, 0.25) is 0 Å². The molecule has 106 valence electrons. The molecule has 0 unspecified atom stereocenters. The highest BCUT2D eigenvalue weighted by atomic mass is 16.6. The van der Waals surface area contributed by atoms with Crippen molar-refractivity contribution in [3.63, 3.8) is 0 Å². The third-order valence-corrected chi connectivity index (χ3v) is 3.35. The summed E-state index contributed by atoms with van der Waals surface area (Å²) in [6.45, 7) is 8.80. The number of amides is 1. The Kier molecular flexibility index (Phi) is 5.84. The predicted molar refractivity (Wildman–Crippen MR) is 69.6 cm³/mol. The molecule has 1 rings (SSSR count). The van der Waals surface area contributed by atoms with Crippen molar-refractivity contribution in [3.8, 4) is 0 Å². The van der Waals surface area contributed by atoms with E-state index in [1.807, 2.05) is 0 Å². The van der Waals surface area contributed by atoms with E-state index in [9.17, 15) is 4.79 Å². The van der Waals surface area contributed by atoms with E-state index in [4.69, 9.17) is 9.84 Å². The van der Waals surface area contributed by atoms with Crippen LogP contribution in [0, 0.1) is 0 Å². The molecule has 0 radical (unpaired) electrons. The summed E-state index contributed by atoms with van der Waals surface area (Å²) in [5.41, 5.74) is -0.0838. The fourth-order valence-corrected chi connectivity index (χ4v) is 2.00. The maximum Gasteiger partial charge on any atom is 0.407 e. The molecule has 1 amide bonds. The van der Waals surface area contributed by atoms with Gasteiger partial charge in [0.25, 0.3) is 0 Å². The molecule has 0 atom stereocenters. The predicted octanol–water partition coefficient (Wildman–Crippen LogP) is -0.269. The first kappa shape index (κ1) is 15.2. The second-order valence-corrected chi connectivity index (χ2v) is 5.32. The summed E-state index contributed by atoms with van der Waals surface area (Å²) in [5.74, 6) is 0. The molecule has 6 nitrogen and oxygen atoms in total. The van der Waals surface area contributed by atoms with E-state index >= 15 is 0 Å². The summed E-state index contributed by atoms with van der Waals surface area (Å²) in [6.07, 6.45) is -0.466. The smallest absolute Gasteiger partial charge is 0.407 e. The van der Waals surface area contributed by atoms with Crippen LogP contribution in [0.15, 0.2) is 0 Å². The molecule has 1 fully saturated rings. The van der Waals surface area contributed by atoms with Crippen LogP contribution in [-0.4, -0.2) is 79.5 Å². The molecule has 1 aliphatic heterocycles. The van der Waals surface area contributed by atoms with E-state index in [-0.39, 0.29) is 18.8 Å². The monoisotopic (exact) mass is 259 g/mol. The zero-order valence-electron chi connectivity index (χ0n) is 11.6. The number of carbonyl (C=O) groups is 1. The van der Waals surface area contributed by atoms with E-state index in [2.05, 4.69) is 36.0 Å². The maximum atomic E-state index is 11.3. The van der Waals surface area contributed by atoms with Crippen molar-refractivity contribution in [1.29, 1.82) is 0 Å². The van der Waals surface area contributed by atoms with E-state index in [1.54, 1.807) is 0 Å². The number of hydrogen-bond acceptors (Lipinski definition) is 5. The van der Waals surface area contributed by atoms with Gasteiger partial charge in [0.15, 0.2) is 0 Å². The van der Waals surface area contributed by atoms with Crippen molar-refractivity contribution in [1.82, 2.24) is 15.1 Å². The van der Waals surface area contributed by atoms with Crippen LogP contribution in [0.25, 0.3) is 0 Å². The van der Waals surface area contributed by atoms with Gasteiger partial charge in [-0.15, -0.1) is 0 Å². The minimum atomic E-state index is -0.466. The van der Waals surface area contributed by atoms with Crippen LogP contribution in [0.5, 0.6) is 0 Å². The summed E-state index contributed by atoms with van der Waals surface area (Å²) in [6, 6.07) is 0. The lowest BCUT2D eigenvalue weighted by atomic mass is 10.0.